The first-order valence-electron chi connectivity index (χ1n) is 8.71. The average Bonchev–Trinajstić information content (AvgIpc) is 2.90. The molecular formula is C19H26N2OS. The molecule has 1 aromatic rings. The molecule has 1 aliphatic rings. The molecular weight excluding hydrogens is 304 g/mol. The van der Waals surface area contributed by atoms with Gasteiger partial charge in [-0.15, -0.1) is 17.9 Å². The molecule has 1 aromatic heterocycles. The van der Waals surface area contributed by atoms with Gasteiger partial charge in [0.2, 0.25) is 5.91 Å². The van der Waals surface area contributed by atoms with Crippen LogP contribution in [0.2, 0.25) is 0 Å². The predicted octanol–water partition coefficient (Wildman–Crippen LogP) is 5.35. The highest BCUT2D eigenvalue weighted by Crippen LogP contribution is 2.37. The summed E-state index contributed by atoms with van der Waals surface area (Å²) in [6, 6.07) is 2.29. The third kappa shape index (κ3) is 5.21. The Kier molecular flexibility index (Phi) is 7.35. The van der Waals surface area contributed by atoms with E-state index in [9.17, 15) is 10.1 Å². The molecule has 3 nitrogen and oxygen atoms in total. The van der Waals surface area contributed by atoms with E-state index in [1.807, 2.05) is 6.08 Å². The molecule has 1 N–H and O–H groups in total. The first kappa shape index (κ1) is 17.7. The van der Waals surface area contributed by atoms with Crippen LogP contribution in [0.15, 0.2) is 12.7 Å². The van der Waals surface area contributed by atoms with E-state index >= 15 is 0 Å². The minimum atomic E-state index is 0.0474. The van der Waals surface area contributed by atoms with Crippen LogP contribution in [0.3, 0.4) is 0 Å². The summed E-state index contributed by atoms with van der Waals surface area (Å²) in [4.78, 5) is 13.4. The highest BCUT2D eigenvalue weighted by Gasteiger charge is 2.21. The second-order valence-electron chi connectivity index (χ2n) is 6.17. The molecule has 2 rings (SSSR count). The van der Waals surface area contributed by atoms with E-state index in [0.717, 1.165) is 43.5 Å². The van der Waals surface area contributed by atoms with Crippen LogP contribution in [0.5, 0.6) is 0 Å². The van der Waals surface area contributed by atoms with Gasteiger partial charge in [0.1, 0.15) is 11.1 Å². The van der Waals surface area contributed by atoms with E-state index < -0.39 is 0 Å². The third-order valence-electron chi connectivity index (χ3n) is 4.35. The van der Waals surface area contributed by atoms with E-state index in [4.69, 9.17) is 0 Å². The molecule has 0 aliphatic heterocycles. The van der Waals surface area contributed by atoms with Gasteiger partial charge >= 0.3 is 0 Å². The van der Waals surface area contributed by atoms with Crippen molar-refractivity contribution in [1.29, 1.82) is 5.26 Å². The highest BCUT2D eigenvalue weighted by molar-refractivity contribution is 7.16. The number of anilines is 1. The van der Waals surface area contributed by atoms with Crippen LogP contribution in [-0.4, -0.2) is 5.91 Å². The Hall–Kier alpha value is -1.60. The Bertz CT molecular complexity index is 583. The number of amides is 1. The summed E-state index contributed by atoms with van der Waals surface area (Å²) in [5.41, 5.74) is 1.89. The van der Waals surface area contributed by atoms with Gasteiger partial charge in [0.05, 0.1) is 5.56 Å². The first-order valence-corrected chi connectivity index (χ1v) is 9.53. The fraction of sp³-hybridized carbons (Fsp3) is 0.579. The SMILES string of the molecule is C=CCCCCCCCC(=O)Nc1sc2c(c1C#N)CCCC2. The smallest absolute Gasteiger partial charge is 0.225 e. The van der Waals surface area contributed by atoms with E-state index in [2.05, 4.69) is 18.0 Å². The average molecular weight is 330 g/mol. The Morgan fingerprint density at radius 2 is 1.96 bits per heavy atom. The molecule has 0 unspecified atom stereocenters. The zero-order valence-electron chi connectivity index (χ0n) is 13.8. The number of carbonyl (C=O) groups is 1. The summed E-state index contributed by atoms with van der Waals surface area (Å²) in [6.07, 6.45) is 13.6. The molecule has 0 saturated carbocycles. The molecule has 0 radical (unpaired) electrons. The lowest BCUT2D eigenvalue weighted by Crippen LogP contribution is -2.11. The molecule has 124 valence electrons. The zero-order chi connectivity index (χ0) is 16.5. The molecule has 1 aliphatic carbocycles. The number of hydrogen-bond donors (Lipinski definition) is 1. The Morgan fingerprint density at radius 1 is 1.22 bits per heavy atom. The number of thiophene rings is 1. The van der Waals surface area contributed by atoms with Crippen LogP contribution in [0.1, 0.15) is 73.8 Å². The van der Waals surface area contributed by atoms with Gasteiger partial charge in [0.15, 0.2) is 0 Å². The van der Waals surface area contributed by atoms with Crippen molar-refractivity contribution in [2.24, 2.45) is 0 Å². The van der Waals surface area contributed by atoms with Crippen LogP contribution in [0.4, 0.5) is 5.00 Å². The van der Waals surface area contributed by atoms with Gasteiger partial charge in [-0.05, 0) is 50.5 Å². The lowest BCUT2D eigenvalue weighted by atomic mass is 9.96. The minimum absolute atomic E-state index is 0.0474. The largest absolute Gasteiger partial charge is 0.317 e. The van der Waals surface area contributed by atoms with E-state index in [-0.39, 0.29) is 5.91 Å². The number of allylic oxidation sites excluding steroid dienone is 1. The molecule has 0 saturated heterocycles. The summed E-state index contributed by atoms with van der Waals surface area (Å²) in [5.74, 6) is 0.0474. The molecule has 0 bridgehead atoms. The van der Waals surface area contributed by atoms with Crippen LogP contribution in [-0.2, 0) is 17.6 Å². The summed E-state index contributed by atoms with van der Waals surface area (Å²) in [7, 11) is 0. The van der Waals surface area contributed by atoms with Gasteiger partial charge in [-0.25, -0.2) is 0 Å². The van der Waals surface area contributed by atoms with Gasteiger partial charge in [-0.1, -0.05) is 25.3 Å². The standard InChI is InChI=1S/C19H26N2OS/c1-2-3-4-5-6-7-8-13-18(22)21-19-16(14-20)15-11-9-10-12-17(15)23-19/h2H,1,3-13H2,(H,21,22). The summed E-state index contributed by atoms with van der Waals surface area (Å²) < 4.78 is 0. The number of unbranched alkanes of at least 4 members (excludes halogenated alkanes) is 5. The normalized spacial score (nSPS) is 13.2. The Balaban J connectivity index is 1.76. The number of nitrogens with one attached hydrogen (secondary N) is 1. The maximum Gasteiger partial charge on any atom is 0.225 e. The number of aryl methyl sites for hydroxylation is 1. The van der Waals surface area contributed by atoms with Gasteiger partial charge in [0.25, 0.3) is 0 Å². The lowest BCUT2D eigenvalue weighted by Gasteiger charge is -2.09. The zero-order valence-corrected chi connectivity index (χ0v) is 14.6. The maximum absolute atomic E-state index is 12.1. The number of nitriles is 1. The van der Waals surface area contributed by atoms with Crippen LogP contribution < -0.4 is 5.32 Å². The quantitative estimate of drug-likeness (QED) is 0.490. The van der Waals surface area contributed by atoms with Crippen molar-refractivity contribution in [1.82, 2.24) is 0 Å². The fourth-order valence-electron chi connectivity index (χ4n) is 3.07. The predicted molar refractivity (Wildman–Crippen MR) is 96.8 cm³/mol. The minimum Gasteiger partial charge on any atom is -0.317 e. The van der Waals surface area contributed by atoms with Crippen molar-refractivity contribution in [2.75, 3.05) is 5.32 Å². The number of fused-ring (bicyclic) bond motifs is 1. The van der Waals surface area contributed by atoms with Crippen molar-refractivity contribution < 1.29 is 4.79 Å². The molecule has 0 aromatic carbocycles. The van der Waals surface area contributed by atoms with Crippen molar-refractivity contribution in [3.05, 3.63) is 28.7 Å². The van der Waals surface area contributed by atoms with E-state index in [1.54, 1.807) is 11.3 Å². The van der Waals surface area contributed by atoms with E-state index in [1.165, 1.54) is 36.1 Å². The molecule has 0 atom stereocenters. The molecule has 1 heterocycles. The second kappa shape index (κ2) is 9.52. The molecule has 0 spiro atoms. The Morgan fingerprint density at radius 3 is 2.74 bits per heavy atom. The molecule has 23 heavy (non-hydrogen) atoms. The van der Waals surface area contributed by atoms with Crippen molar-refractivity contribution in [2.45, 2.75) is 70.6 Å². The second-order valence-corrected chi connectivity index (χ2v) is 7.28. The number of hydrogen-bond acceptors (Lipinski definition) is 3. The van der Waals surface area contributed by atoms with Gasteiger partial charge in [-0.2, -0.15) is 5.26 Å². The lowest BCUT2D eigenvalue weighted by molar-refractivity contribution is -0.116. The summed E-state index contributed by atoms with van der Waals surface area (Å²) in [6.45, 7) is 3.72. The molecule has 4 heteroatoms. The van der Waals surface area contributed by atoms with Crippen molar-refractivity contribution >= 4 is 22.2 Å². The number of nitrogens with zero attached hydrogens (tertiary/aromatic N) is 1. The fourth-order valence-corrected chi connectivity index (χ4v) is 4.32. The highest BCUT2D eigenvalue weighted by atomic mass is 32.1. The van der Waals surface area contributed by atoms with Gasteiger partial charge in [0, 0.05) is 11.3 Å². The number of carbonyl (C=O) groups excluding carboxylic acids is 1. The Labute approximate surface area is 143 Å². The molecule has 0 fully saturated rings. The van der Waals surface area contributed by atoms with Crippen molar-refractivity contribution in [3.8, 4) is 6.07 Å². The molecule has 1 amide bonds. The van der Waals surface area contributed by atoms with Crippen molar-refractivity contribution in [3.63, 3.8) is 0 Å². The first-order chi connectivity index (χ1) is 11.3. The third-order valence-corrected chi connectivity index (χ3v) is 5.56. The van der Waals surface area contributed by atoms with Crippen LogP contribution in [0.25, 0.3) is 0 Å². The van der Waals surface area contributed by atoms with Gasteiger partial charge in [-0.3, -0.25) is 4.79 Å². The summed E-state index contributed by atoms with van der Waals surface area (Å²) in [5, 5.41) is 13.1. The summed E-state index contributed by atoms with van der Waals surface area (Å²) >= 11 is 1.60. The maximum atomic E-state index is 12.1. The number of rotatable bonds is 9. The monoisotopic (exact) mass is 330 g/mol. The van der Waals surface area contributed by atoms with Gasteiger partial charge < -0.3 is 5.32 Å². The van der Waals surface area contributed by atoms with Crippen LogP contribution >= 0.6 is 11.3 Å². The topological polar surface area (TPSA) is 52.9 Å². The van der Waals surface area contributed by atoms with Crippen LogP contribution in [0, 0.1) is 11.3 Å². The van der Waals surface area contributed by atoms with E-state index in [0.29, 0.717) is 12.0 Å².